The lowest BCUT2D eigenvalue weighted by atomic mass is 9.78. The fraction of sp³-hybridized carbons (Fsp3) is 0.600. The first-order chi connectivity index (χ1) is 10.2. The number of nitrogens with zero attached hydrogens (tertiary/aromatic N) is 1. The molecule has 0 aromatic heterocycles. The zero-order valence-electron chi connectivity index (χ0n) is 13.1. The van der Waals surface area contributed by atoms with Crippen molar-refractivity contribution in [2.24, 2.45) is 11.8 Å². The molecule has 0 radical (unpaired) electrons. The average Bonchev–Trinajstić information content (AvgIpc) is 2.43. The molecule has 1 fully saturated rings. The van der Waals surface area contributed by atoms with Gasteiger partial charge in [-0.3, -0.25) is 10.1 Å². The summed E-state index contributed by atoms with van der Waals surface area (Å²) < 4.78 is 23.1. The molecule has 0 unspecified atom stereocenters. The lowest BCUT2D eigenvalue weighted by Crippen LogP contribution is -2.35. The van der Waals surface area contributed by atoms with Gasteiger partial charge in [-0.15, -0.1) is 0 Å². The Labute approximate surface area is 131 Å². The van der Waals surface area contributed by atoms with Crippen LogP contribution in [0.15, 0.2) is 23.1 Å². The first-order valence-corrected chi connectivity index (χ1v) is 9.34. The van der Waals surface area contributed by atoms with Gasteiger partial charge in [0.1, 0.15) is 5.69 Å². The summed E-state index contributed by atoms with van der Waals surface area (Å²) in [7, 11) is -3.46. The molecule has 1 aliphatic carbocycles. The summed E-state index contributed by atoms with van der Waals surface area (Å²) in [4.78, 5) is 10.7. The molecule has 2 rings (SSSR count). The third kappa shape index (κ3) is 3.58. The molecule has 0 spiro atoms. The van der Waals surface area contributed by atoms with Crippen LogP contribution in [0.5, 0.6) is 0 Å². The Balaban J connectivity index is 2.33. The highest BCUT2D eigenvalue weighted by atomic mass is 32.2. The number of benzene rings is 1. The quantitative estimate of drug-likeness (QED) is 0.677. The number of rotatable bonds is 4. The van der Waals surface area contributed by atoms with Gasteiger partial charge in [0.2, 0.25) is 0 Å². The summed E-state index contributed by atoms with van der Waals surface area (Å²) in [5.41, 5.74) is 0.205. The molecule has 6 nitrogen and oxygen atoms in total. The number of sulfone groups is 1. The third-order valence-corrected chi connectivity index (χ3v) is 5.75. The zero-order valence-corrected chi connectivity index (χ0v) is 13.9. The van der Waals surface area contributed by atoms with Gasteiger partial charge in [0.15, 0.2) is 9.84 Å². The summed E-state index contributed by atoms with van der Waals surface area (Å²) in [5, 5.41) is 14.5. The van der Waals surface area contributed by atoms with Crippen LogP contribution < -0.4 is 5.32 Å². The van der Waals surface area contributed by atoms with E-state index in [1.165, 1.54) is 18.6 Å². The second-order valence-electron chi connectivity index (χ2n) is 6.23. The van der Waals surface area contributed by atoms with Gasteiger partial charge >= 0.3 is 0 Å². The number of hydrogen-bond acceptors (Lipinski definition) is 5. The van der Waals surface area contributed by atoms with Gasteiger partial charge in [-0.25, -0.2) is 8.42 Å². The Kier molecular flexibility index (Phi) is 4.75. The third-order valence-electron chi connectivity index (χ3n) is 4.64. The van der Waals surface area contributed by atoms with Crippen molar-refractivity contribution in [1.82, 2.24) is 0 Å². The summed E-state index contributed by atoms with van der Waals surface area (Å²) in [5.74, 6) is 0.989. The maximum absolute atomic E-state index is 11.6. The van der Waals surface area contributed by atoms with Crippen LogP contribution in [0.4, 0.5) is 11.4 Å². The standard InChI is InChI=1S/C15H22N2O4S/c1-10-5-4-6-13(11(10)2)16-14-8-7-12(22(3,20)21)9-15(14)17(18)19/h7-11,13,16H,4-6H2,1-3H3/t10-,11-,13+/m1/s1. The Morgan fingerprint density at radius 3 is 2.55 bits per heavy atom. The van der Waals surface area contributed by atoms with Gasteiger partial charge in [-0.05, 0) is 30.4 Å². The van der Waals surface area contributed by atoms with Crippen molar-refractivity contribution in [1.29, 1.82) is 0 Å². The van der Waals surface area contributed by atoms with Gasteiger partial charge in [0.05, 0.1) is 9.82 Å². The number of anilines is 1. The Bertz CT molecular complexity index is 672. The van der Waals surface area contributed by atoms with Crippen molar-refractivity contribution >= 4 is 21.2 Å². The number of nitrogens with one attached hydrogen (secondary N) is 1. The van der Waals surface area contributed by atoms with Crippen LogP contribution in [0.2, 0.25) is 0 Å². The molecule has 1 aliphatic rings. The van der Waals surface area contributed by atoms with Crippen LogP contribution in [-0.4, -0.2) is 25.6 Å². The van der Waals surface area contributed by atoms with Crippen LogP contribution in [0.3, 0.4) is 0 Å². The average molecular weight is 326 g/mol. The van der Waals surface area contributed by atoms with E-state index in [0.717, 1.165) is 25.2 Å². The Morgan fingerprint density at radius 1 is 1.27 bits per heavy atom. The number of nitro groups is 1. The van der Waals surface area contributed by atoms with Gasteiger partial charge in [0.25, 0.3) is 5.69 Å². The highest BCUT2D eigenvalue weighted by molar-refractivity contribution is 7.90. The molecule has 7 heteroatoms. The SMILES string of the molecule is C[C@@H]1[C@H](C)CCC[C@@H]1Nc1ccc(S(C)(=O)=O)cc1[N+](=O)[O-]. The maximum Gasteiger partial charge on any atom is 0.293 e. The lowest BCUT2D eigenvalue weighted by molar-refractivity contribution is -0.384. The fourth-order valence-electron chi connectivity index (χ4n) is 3.00. The monoisotopic (exact) mass is 326 g/mol. The predicted molar refractivity (Wildman–Crippen MR) is 85.8 cm³/mol. The molecule has 0 bridgehead atoms. The first kappa shape index (κ1) is 16.7. The molecule has 122 valence electrons. The van der Waals surface area contributed by atoms with Crippen molar-refractivity contribution in [3.05, 3.63) is 28.3 Å². The van der Waals surface area contributed by atoms with E-state index in [2.05, 4.69) is 19.2 Å². The van der Waals surface area contributed by atoms with Crippen LogP contribution in [-0.2, 0) is 9.84 Å². The lowest BCUT2D eigenvalue weighted by Gasteiger charge is -2.35. The number of nitro benzene ring substituents is 1. The van der Waals surface area contributed by atoms with Gasteiger partial charge in [0, 0.05) is 18.4 Å². The van der Waals surface area contributed by atoms with E-state index in [1.54, 1.807) is 0 Å². The smallest absolute Gasteiger partial charge is 0.293 e. The minimum absolute atomic E-state index is 0.0326. The summed E-state index contributed by atoms with van der Waals surface area (Å²) in [6.07, 6.45) is 4.29. The molecule has 0 heterocycles. The van der Waals surface area contributed by atoms with Crippen molar-refractivity contribution in [2.75, 3.05) is 11.6 Å². The van der Waals surface area contributed by atoms with E-state index in [-0.39, 0.29) is 16.6 Å². The predicted octanol–water partition coefficient (Wildman–Crippen LogP) is 3.23. The highest BCUT2D eigenvalue weighted by Gasteiger charge is 2.29. The van der Waals surface area contributed by atoms with Gasteiger partial charge in [-0.1, -0.05) is 26.7 Å². The molecule has 0 saturated heterocycles. The van der Waals surface area contributed by atoms with Crippen LogP contribution in [0.1, 0.15) is 33.1 Å². The summed E-state index contributed by atoms with van der Waals surface area (Å²) >= 11 is 0. The van der Waals surface area contributed by atoms with Crippen LogP contribution in [0, 0.1) is 22.0 Å². The second kappa shape index (κ2) is 6.24. The van der Waals surface area contributed by atoms with Crippen molar-refractivity contribution in [2.45, 2.75) is 44.0 Å². The molecular formula is C15H22N2O4S. The molecule has 0 amide bonds. The highest BCUT2D eigenvalue weighted by Crippen LogP contribution is 2.34. The topological polar surface area (TPSA) is 89.3 Å². The fourth-order valence-corrected chi connectivity index (χ4v) is 3.64. The molecule has 0 aliphatic heterocycles. The zero-order chi connectivity index (χ0) is 16.5. The summed E-state index contributed by atoms with van der Waals surface area (Å²) in [6.45, 7) is 4.35. The molecular weight excluding hydrogens is 304 g/mol. The largest absolute Gasteiger partial charge is 0.376 e. The second-order valence-corrected chi connectivity index (χ2v) is 8.24. The Hall–Kier alpha value is -1.63. The van der Waals surface area contributed by atoms with Crippen LogP contribution >= 0.6 is 0 Å². The molecule has 1 aromatic rings. The normalized spacial score (nSPS) is 25.7. The van der Waals surface area contributed by atoms with E-state index < -0.39 is 14.8 Å². The molecule has 22 heavy (non-hydrogen) atoms. The van der Waals surface area contributed by atoms with E-state index in [0.29, 0.717) is 17.5 Å². The van der Waals surface area contributed by atoms with E-state index >= 15 is 0 Å². The maximum atomic E-state index is 11.6. The first-order valence-electron chi connectivity index (χ1n) is 7.45. The molecule has 1 N–H and O–H groups in total. The van der Waals surface area contributed by atoms with Crippen molar-refractivity contribution < 1.29 is 13.3 Å². The minimum atomic E-state index is -3.46. The van der Waals surface area contributed by atoms with Crippen LogP contribution in [0.25, 0.3) is 0 Å². The van der Waals surface area contributed by atoms with Gasteiger partial charge < -0.3 is 5.32 Å². The molecule has 3 atom stereocenters. The molecule has 1 saturated carbocycles. The Morgan fingerprint density at radius 2 is 1.95 bits per heavy atom. The number of hydrogen-bond donors (Lipinski definition) is 1. The van der Waals surface area contributed by atoms with E-state index in [4.69, 9.17) is 0 Å². The van der Waals surface area contributed by atoms with E-state index in [9.17, 15) is 18.5 Å². The summed E-state index contributed by atoms with van der Waals surface area (Å²) in [6, 6.07) is 4.22. The van der Waals surface area contributed by atoms with Crippen molar-refractivity contribution in [3.63, 3.8) is 0 Å². The van der Waals surface area contributed by atoms with Gasteiger partial charge in [-0.2, -0.15) is 0 Å². The van der Waals surface area contributed by atoms with Crippen molar-refractivity contribution in [3.8, 4) is 0 Å². The molecule has 1 aromatic carbocycles. The minimum Gasteiger partial charge on any atom is -0.376 e. The van der Waals surface area contributed by atoms with E-state index in [1.807, 2.05) is 0 Å².